The van der Waals surface area contributed by atoms with Gasteiger partial charge in [0.05, 0.1) is 29.5 Å². The highest BCUT2D eigenvalue weighted by Gasteiger charge is 2.33. The number of anilines is 2. The van der Waals surface area contributed by atoms with Crippen LogP contribution in [-0.4, -0.2) is 26.6 Å². The summed E-state index contributed by atoms with van der Waals surface area (Å²) in [6.45, 7) is 1.71. The minimum Gasteiger partial charge on any atom is -0.324 e. The van der Waals surface area contributed by atoms with Crippen molar-refractivity contribution in [2.24, 2.45) is 0 Å². The molecule has 0 radical (unpaired) electrons. The van der Waals surface area contributed by atoms with Gasteiger partial charge in [0, 0.05) is 10.7 Å². The van der Waals surface area contributed by atoms with E-state index in [0.717, 1.165) is 16.1 Å². The maximum Gasteiger partial charge on any atom is 0.248 e. The lowest BCUT2D eigenvalue weighted by Crippen LogP contribution is -2.47. The molecule has 1 atom stereocenters. The SMILES string of the molecule is CC[C@H](C(=O)Nc1ccc(CC#N)cc1)N(c1cc(Cl)ccc1Cl)S(C)(=O)=O. The van der Waals surface area contributed by atoms with Crippen molar-refractivity contribution in [3.05, 3.63) is 58.1 Å². The zero-order chi connectivity index (χ0) is 20.9. The van der Waals surface area contributed by atoms with Gasteiger partial charge in [-0.2, -0.15) is 5.26 Å². The first-order valence-corrected chi connectivity index (χ1v) is 11.0. The Kier molecular flexibility index (Phi) is 7.30. The van der Waals surface area contributed by atoms with Crippen LogP contribution in [0.4, 0.5) is 11.4 Å². The Morgan fingerprint density at radius 1 is 1.21 bits per heavy atom. The van der Waals surface area contributed by atoms with E-state index in [4.69, 9.17) is 28.5 Å². The van der Waals surface area contributed by atoms with E-state index in [1.54, 1.807) is 31.2 Å². The van der Waals surface area contributed by atoms with Gasteiger partial charge in [0.15, 0.2) is 0 Å². The van der Waals surface area contributed by atoms with Crippen LogP contribution in [0.25, 0.3) is 0 Å². The van der Waals surface area contributed by atoms with Crippen molar-refractivity contribution in [2.45, 2.75) is 25.8 Å². The summed E-state index contributed by atoms with van der Waals surface area (Å²) in [5, 5.41) is 11.9. The second kappa shape index (κ2) is 9.28. The van der Waals surface area contributed by atoms with Gasteiger partial charge in [0.1, 0.15) is 6.04 Å². The maximum absolute atomic E-state index is 12.9. The molecule has 0 unspecified atom stereocenters. The molecule has 0 saturated carbocycles. The van der Waals surface area contributed by atoms with E-state index < -0.39 is 22.0 Å². The molecule has 0 saturated heterocycles. The van der Waals surface area contributed by atoms with Crippen molar-refractivity contribution in [2.75, 3.05) is 15.9 Å². The molecular weight excluding hydrogens is 421 g/mol. The first-order valence-electron chi connectivity index (χ1n) is 8.38. The first-order chi connectivity index (χ1) is 13.2. The quantitative estimate of drug-likeness (QED) is 0.697. The van der Waals surface area contributed by atoms with Crippen LogP contribution < -0.4 is 9.62 Å². The Labute approximate surface area is 174 Å². The zero-order valence-electron chi connectivity index (χ0n) is 15.3. The molecule has 0 aliphatic carbocycles. The van der Waals surface area contributed by atoms with Gasteiger partial charge in [-0.15, -0.1) is 0 Å². The van der Waals surface area contributed by atoms with E-state index in [2.05, 4.69) is 5.32 Å². The number of carbonyl (C=O) groups is 1. The molecule has 0 aromatic heterocycles. The molecule has 9 heteroatoms. The summed E-state index contributed by atoms with van der Waals surface area (Å²) >= 11 is 12.2. The molecule has 1 N–H and O–H groups in total. The lowest BCUT2D eigenvalue weighted by molar-refractivity contribution is -0.117. The second-order valence-corrected chi connectivity index (χ2v) is 8.80. The molecule has 148 valence electrons. The Bertz CT molecular complexity index is 1000. The van der Waals surface area contributed by atoms with Gasteiger partial charge >= 0.3 is 0 Å². The summed E-state index contributed by atoms with van der Waals surface area (Å²) in [5.41, 5.74) is 1.45. The van der Waals surface area contributed by atoms with E-state index in [1.165, 1.54) is 18.2 Å². The third-order valence-electron chi connectivity index (χ3n) is 3.98. The molecule has 2 aromatic carbocycles. The predicted octanol–water partition coefficient (Wildman–Crippen LogP) is 4.24. The monoisotopic (exact) mass is 439 g/mol. The Hall–Kier alpha value is -2.27. The molecule has 0 fully saturated rings. The second-order valence-electron chi connectivity index (χ2n) is 6.10. The van der Waals surface area contributed by atoms with E-state index in [-0.39, 0.29) is 23.6 Å². The molecule has 6 nitrogen and oxygen atoms in total. The molecular formula is C19H19Cl2N3O3S. The highest BCUT2D eigenvalue weighted by atomic mass is 35.5. The molecule has 1 amide bonds. The van der Waals surface area contributed by atoms with E-state index in [0.29, 0.717) is 10.7 Å². The van der Waals surface area contributed by atoms with Crippen molar-refractivity contribution in [3.8, 4) is 6.07 Å². The highest BCUT2D eigenvalue weighted by Crippen LogP contribution is 2.33. The minimum atomic E-state index is -3.83. The maximum atomic E-state index is 12.9. The van der Waals surface area contributed by atoms with Crippen LogP contribution in [-0.2, 0) is 21.2 Å². The Morgan fingerprint density at radius 3 is 2.39 bits per heavy atom. The summed E-state index contributed by atoms with van der Waals surface area (Å²) in [6.07, 6.45) is 1.49. The molecule has 0 spiro atoms. The van der Waals surface area contributed by atoms with Crippen LogP contribution in [0.1, 0.15) is 18.9 Å². The number of sulfonamides is 1. The van der Waals surface area contributed by atoms with Gasteiger partial charge < -0.3 is 5.32 Å². The average Bonchev–Trinajstić information content (AvgIpc) is 2.62. The molecule has 0 aliphatic heterocycles. The summed E-state index contributed by atoms with van der Waals surface area (Å²) in [6, 6.07) is 12.2. The number of rotatable bonds is 7. The molecule has 2 aromatic rings. The van der Waals surface area contributed by atoms with Gasteiger partial charge in [0.2, 0.25) is 15.9 Å². The first kappa shape index (κ1) is 22.0. The van der Waals surface area contributed by atoms with E-state index >= 15 is 0 Å². The highest BCUT2D eigenvalue weighted by molar-refractivity contribution is 7.92. The van der Waals surface area contributed by atoms with Crippen molar-refractivity contribution in [1.82, 2.24) is 0 Å². The van der Waals surface area contributed by atoms with Crippen LogP contribution in [0, 0.1) is 11.3 Å². The van der Waals surface area contributed by atoms with Gasteiger partial charge in [0.25, 0.3) is 0 Å². The molecule has 0 bridgehead atoms. The number of carbonyl (C=O) groups excluding carboxylic acids is 1. The largest absolute Gasteiger partial charge is 0.324 e. The third-order valence-corrected chi connectivity index (χ3v) is 5.70. The number of hydrogen-bond donors (Lipinski definition) is 1. The normalized spacial score (nSPS) is 12.1. The molecule has 0 heterocycles. The Balaban J connectivity index is 2.36. The minimum absolute atomic E-state index is 0.142. The predicted molar refractivity (Wildman–Crippen MR) is 112 cm³/mol. The smallest absolute Gasteiger partial charge is 0.248 e. The third kappa shape index (κ3) is 5.38. The molecule has 2 rings (SSSR count). The van der Waals surface area contributed by atoms with Crippen molar-refractivity contribution in [3.63, 3.8) is 0 Å². The fraction of sp³-hybridized carbons (Fsp3) is 0.263. The number of amides is 1. The van der Waals surface area contributed by atoms with Crippen molar-refractivity contribution >= 4 is 50.5 Å². The van der Waals surface area contributed by atoms with E-state index in [1.807, 2.05) is 6.07 Å². The average molecular weight is 440 g/mol. The number of hydrogen-bond acceptors (Lipinski definition) is 4. The van der Waals surface area contributed by atoms with Crippen LogP contribution in [0.5, 0.6) is 0 Å². The summed E-state index contributed by atoms with van der Waals surface area (Å²) in [7, 11) is -3.83. The zero-order valence-corrected chi connectivity index (χ0v) is 17.6. The summed E-state index contributed by atoms with van der Waals surface area (Å²) < 4.78 is 26.0. The lowest BCUT2D eigenvalue weighted by atomic mass is 10.1. The number of nitrogens with one attached hydrogen (secondary N) is 1. The van der Waals surface area contributed by atoms with Gasteiger partial charge in [-0.05, 0) is 42.3 Å². The van der Waals surface area contributed by atoms with Gasteiger partial charge in [-0.25, -0.2) is 8.42 Å². The fourth-order valence-corrected chi connectivity index (χ4v) is 4.35. The summed E-state index contributed by atoms with van der Waals surface area (Å²) in [5.74, 6) is -0.503. The van der Waals surface area contributed by atoms with Crippen LogP contribution >= 0.6 is 23.2 Å². The lowest BCUT2D eigenvalue weighted by Gasteiger charge is -2.30. The molecule has 0 aliphatic rings. The van der Waals surface area contributed by atoms with Gasteiger partial charge in [-0.1, -0.05) is 42.3 Å². The van der Waals surface area contributed by atoms with Crippen LogP contribution in [0.2, 0.25) is 10.0 Å². The van der Waals surface area contributed by atoms with Crippen molar-refractivity contribution < 1.29 is 13.2 Å². The standard InChI is InChI=1S/C19H19Cl2N3O3S/c1-3-17(19(25)23-15-7-4-13(5-8-15)10-11-22)24(28(2,26)27)18-12-14(20)6-9-16(18)21/h4-9,12,17H,3,10H2,1-2H3,(H,23,25)/t17-/m1/s1. The van der Waals surface area contributed by atoms with Crippen LogP contribution in [0.15, 0.2) is 42.5 Å². The van der Waals surface area contributed by atoms with Gasteiger partial charge in [-0.3, -0.25) is 9.10 Å². The van der Waals surface area contributed by atoms with E-state index in [9.17, 15) is 13.2 Å². The number of halogens is 2. The number of benzene rings is 2. The topological polar surface area (TPSA) is 90.3 Å². The molecule has 28 heavy (non-hydrogen) atoms. The number of nitrogens with zero attached hydrogens (tertiary/aromatic N) is 2. The fourth-order valence-electron chi connectivity index (χ4n) is 2.71. The van der Waals surface area contributed by atoms with Crippen LogP contribution in [0.3, 0.4) is 0 Å². The number of nitriles is 1. The van der Waals surface area contributed by atoms with Crippen molar-refractivity contribution in [1.29, 1.82) is 5.26 Å². The Morgan fingerprint density at radius 2 is 1.86 bits per heavy atom. The summed E-state index contributed by atoms with van der Waals surface area (Å²) in [4.78, 5) is 12.9.